The van der Waals surface area contributed by atoms with Crippen molar-refractivity contribution in [2.45, 2.75) is 114 Å². The Bertz CT molecular complexity index is 1410. The lowest BCUT2D eigenvalue weighted by molar-refractivity contribution is 0.0120. The lowest BCUT2D eigenvalue weighted by atomic mass is 9.79. The summed E-state index contributed by atoms with van der Waals surface area (Å²) in [5.74, 6) is 1.18. The molecule has 4 fully saturated rings. The maximum absolute atomic E-state index is 12.8. The molecule has 0 N–H and O–H groups in total. The number of hydrogen-bond acceptors (Lipinski definition) is 5. The van der Waals surface area contributed by atoms with Gasteiger partial charge in [0.2, 0.25) is 0 Å². The first-order chi connectivity index (χ1) is 20.8. The number of likely N-dealkylation sites (tertiary alicyclic amines) is 3. The Morgan fingerprint density at radius 2 is 1.58 bits per heavy atom. The van der Waals surface area contributed by atoms with Crippen molar-refractivity contribution in [3.8, 4) is 0 Å². The van der Waals surface area contributed by atoms with Gasteiger partial charge in [-0.15, -0.1) is 0 Å². The molecule has 7 heteroatoms. The summed E-state index contributed by atoms with van der Waals surface area (Å²) in [4.78, 5) is 25.4. The number of ether oxygens (including phenoxy) is 1. The van der Waals surface area contributed by atoms with Gasteiger partial charge < -0.3 is 14.2 Å². The molecule has 3 aromatic rings. The molecular weight excluding hydrogens is 534 g/mol. The smallest absolute Gasteiger partial charge is 0.410 e. The van der Waals surface area contributed by atoms with E-state index in [0.29, 0.717) is 12.1 Å². The van der Waals surface area contributed by atoms with Gasteiger partial charge in [-0.1, -0.05) is 68.1 Å². The summed E-state index contributed by atoms with van der Waals surface area (Å²) in [6.45, 7) is 10.6. The zero-order chi connectivity index (χ0) is 29.6. The molecule has 1 amide bonds. The molecular formula is C36H49N5O2. The van der Waals surface area contributed by atoms with E-state index in [9.17, 15) is 4.79 Å². The molecule has 2 atom stereocenters. The number of piperazine rings is 1. The Morgan fingerprint density at radius 1 is 0.884 bits per heavy atom. The predicted octanol–water partition coefficient (Wildman–Crippen LogP) is 7.12. The monoisotopic (exact) mass is 583 g/mol. The highest BCUT2D eigenvalue weighted by Gasteiger charge is 2.47. The second-order valence-electron chi connectivity index (χ2n) is 14.5. The zero-order valence-electron chi connectivity index (χ0n) is 26.4. The molecule has 0 radical (unpaired) electrons. The maximum Gasteiger partial charge on any atom is 0.410 e. The topological polar surface area (TPSA) is 53.8 Å². The summed E-state index contributed by atoms with van der Waals surface area (Å²) in [6.07, 6.45) is 11.1. The van der Waals surface area contributed by atoms with Crippen molar-refractivity contribution in [1.82, 2.24) is 24.3 Å². The van der Waals surface area contributed by atoms with Crippen molar-refractivity contribution < 1.29 is 9.53 Å². The highest BCUT2D eigenvalue weighted by atomic mass is 16.6. The van der Waals surface area contributed by atoms with E-state index < -0.39 is 5.60 Å². The summed E-state index contributed by atoms with van der Waals surface area (Å²) < 4.78 is 8.30. The van der Waals surface area contributed by atoms with Gasteiger partial charge in [-0.25, -0.2) is 9.78 Å². The molecule has 2 unspecified atom stereocenters. The van der Waals surface area contributed by atoms with Crippen molar-refractivity contribution in [1.29, 1.82) is 0 Å². The number of imidazole rings is 1. The molecule has 3 aliphatic heterocycles. The Labute approximate surface area is 257 Å². The van der Waals surface area contributed by atoms with Crippen LogP contribution in [0.15, 0.2) is 54.6 Å². The van der Waals surface area contributed by atoms with Crippen LogP contribution in [0.2, 0.25) is 0 Å². The fourth-order valence-electron chi connectivity index (χ4n) is 8.68. The van der Waals surface area contributed by atoms with Crippen LogP contribution in [-0.2, 0) is 16.8 Å². The number of amides is 1. The molecule has 7 nitrogen and oxygen atoms in total. The van der Waals surface area contributed by atoms with E-state index in [2.05, 4.69) is 69.0 Å². The van der Waals surface area contributed by atoms with Crippen LogP contribution in [0.4, 0.5) is 4.79 Å². The minimum absolute atomic E-state index is 0.166. The second-order valence-corrected chi connectivity index (χ2v) is 14.5. The average Bonchev–Trinajstić information content (AvgIpc) is 3.64. The van der Waals surface area contributed by atoms with E-state index >= 15 is 0 Å². The molecule has 1 aliphatic carbocycles. The van der Waals surface area contributed by atoms with E-state index in [1.54, 1.807) is 0 Å². The molecule has 3 saturated heterocycles. The quantitative estimate of drug-likeness (QED) is 0.300. The van der Waals surface area contributed by atoms with Gasteiger partial charge in [-0.05, 0) is 70.6 Å². The molecule has 2 aromatic carbocycles. The second kappa shape index (κ2) is 11.6. The first-order valence-corrected chi connectivity index (χ1v) is 16.8. The molecule has 230 valence electrons. The normalized spacial score (nSPS) is 25.3. The van der Waals surface area contributed by atoms with E-state index in [0.717, 1.165) is 57.5 Å². The number of nitrogens with zero attached hydrogens (tertiary/aromatic N) is 5. The molecule has 43 heavy (non-hydrogen) atoms. The zero-order valence-corrected chi connectivity index (χ0v) is 26.4. The van der Waals surface area contributed by atoms with E-state index in [-0.39, 0.29) is 17.7 Å². The number of piperidine rings is 1. The summed E-state index contributed by atoms with van der Waals surface area (Å²) in [7, 11) is 0. The van der Waals surface area contributed by atoms with Gasteiger partial charge in [0.05, 0.1) is 17.6 Å². The van der Waals surface area contributed by atoms with E-state index in [1.807, 2.05) is 25.7 Å². The standard InChI is InChI=1S/C36H49N5O2/c1-35(2,3)43-34(42)40-25-29-23-30(40)24-38(29)26-33-37-31-15-9-10-16-32(31)41(33)28-17-21-39(22-18-28)36(19-11-4-5-12-20-36)27-13-7-6-8-14-27/h6-10,13-16,28-30H,4-5,11-12,17-26H2,1-3H3. The van der Waals surface area contributed by atoms with Crippen LogP contribution in [0.1, 0.15) is 96.0 Å². The Hall–Kier alpha value is -2.90. The Kier molecular flexibility index (Phi) is 7.75. The van der Waals surface area contributed by atoms with Crippen LogP contribution >= 0.6 is 0 Å². The number of carbonyl (C=O) groups excluding carboxylic acids is 1. The highest BCUT2D eigenvalue weighted by molar-refractivity contribution is 5.76. The third-order valence-corrected chi connectivity index (χ3v) is 10.7. The minimum atomic E-state index is -0.462. The van der Waals surface area contributed by atoms with Gasteiger partial charge >= 0.3 is 6.09 Å². The Morgan fingerprint density at radius 3 is 2.26 bits per heavy atom. The number of aromatic nitrogens is 2. The number of carbonyl (C=O) groups is 1. The molecule has 1 aromatic heterocycles. The molecule has 4 aliphatic rings. The number of rotatable bonds is 5. The van der Waals surface area contributed by atoms with Crippen LogP contribution in [0, 0.1) is 0 Å². The lowest BCUT2D eigenvalue weighted by Crippen LogP contribution is -2.50. The highest BCUT2D eigenvalue weighted by Crippen LogP contribution is 2.44. The fraction of sp³-hybridized carbons (Fsp3) is 0.611. The first kappa shape index (κ1) is 28.8. The fourth-order valence-corrected chi connectivity index (χ4v) is 8.68. The van der Waals surface area contributed by atoms with Crippen LogP contribution in [0.5, 0.6) is 0 Å². The van der Waals surface area contributed by atoms with Crippen molar-refractivity contribution in [2.75, 3.05) is 26.2 Å². The predicted molar refractivity (Wildman–Crippen MR) is 171 cm³/mol. The van der Waals surface area contributed by atoms with Gasteiger partial charge in [0.1, 0.15) is 11.4 Å². The third-order valence-electron chi connectivity index (χ3n) is 10.7. The molecule has 2 bridgehead atoms. The number of fused-ring (bicyclic) bond motifs is 3. The van der Waals surface area contributed by atoms with Crippen molar-refractivity contribution in [2.24, 2.45) is 0 Å². The van der Waals surface area contributed by atoms with Gasteiger partial charge in [0, 0.05) is 49.8 Å². The Balaban J connectivity index is 1.09. The SMILES string of the molecule is CC(C)(C)OC(=O)N1CC2CC1CN2Cc1nc2ccccc2n1C1CCN(C2(c3ccccc3)CCCCCC2)CC1. The maximum atomic E-state index is 12.8. The van der Waals surface area contributed by atoms with Gasteiger partial charge in [0.15, 0.2) is 0 Å². The van der Waals surface area contributed by atoms with Crippen molar-refractivity contribution >= 4 is 17.1 Å². The molecule has 4 heterocycles. The van der Waals surface area contributed by atoms with Crippen LogP contribution in [-0.4, -0.2) is 74.2 Å². The summed E-state index contributed by atoms with van der Waals surface area (Å²) >= 11 is 0. The van der Waals surface area contributed by atoms with Crippen LogP contribution in [0.3, 0.4) is 0 Å². The van der Waals surface area contributed by atoms with Crippen molar-refractivity contribution in [3.05, 3.63) is 66.0 Å². The largest absolute Gasteiger partial charge is 0.444 e. The molecule has 1 saturated carbocycles. The van der Waals surface area contributed by atoms with Crippen LogP contribution < -0.4 is 0 Å². The lowest BCUT2D eigenvalue weighted by Gasteiger charge is -2.48. The van der Waals surface area contributed by atoms with Gasteiger partial charge in [0.25, 0.3) is 0 Å². The molecule has 7 rings (SSSR count). The number of hydrogen-bond donors (Lipinski definition) is 0. The summed E-state index contributed by atoms with van der Waals surface area (Å²) in [5.41, 5.74) is 3.61. The third kappa shape index (κ3) is 5.59. The average molecular weight is 584 g/mol. The van der Waals surface area contributed by atoms with Crippen LogP contribution in [0.25, 0.3) is 11.0 Å². The van der Waals surface area contributed by atoms with Crippen molar-refractivity contribution in [3.63, 3.8) is 0 Å². The van der Waals surface area contributed by atoms with E-state index in [1.165, 1.54) is 55.4 Å². The van der Waals surface area contributed by atoms with Gasteiger partial charge in [-0.3, -0.25) is 9.80 Å². The molecule has 0 spiro atoms. The van der Waals surface area contributed by atoms with Gasteiger partial charge in [-0.2, -0.15) is 0 Å². The summed E-state index contributed by atoms with van der Waals surface area (Å²) in [6, 6.07) is 21.1. The minimum Gasteiger partial charge on any atom is -0.444 e. The number of benzene rings is 2. The summed E-state index contributed by atoms with van der Waals surface area (Å²) in [5, 5.41) is 0. The first-order valence-electron chi connectivity index (χ1n) is 16.8. The number of para-hydroxylation sites is 2. The van der Waals surface area contributed by atoms with E-state index in [4.69, 9.17) is 9.72 Å².